The number of hydrogen-bond acceptors (Lipinski definition) is 5. The van der Waals surface area contributed by atoms with Gasteiger partial charge in [0.25, 0.3) is 0 Å². The number of amides is 1. The lowest BCUT2D eigenvalue weighted by Gasteiger charge is -2.14. The summed E-state index contributed by atoms with van der Waals surface area (Å²) in [6, 6.07) is 7.85. The Morgan fingerprint density at radius 1 is 1.35 bits per heavy atom. The quantitative estimate of drug-likeness (QED) is 0.862. The van der Waals surface area contributed by atoms with Crippen molar-refractivity contribution in [3.8, 4) is 22.9 Å². The molecule has 1 aromatic carbocycles. The van der Waals surface area contributed by atoms with Gasteiger partial charge in [0.1, 0.15) is 11.9 Å². The lowest BCUT2D eigenvalue weighted by molar-refractivity contribution is -0.122. The molecule has 0 spiro atoms. The number of ether oxygens (including phenoxy) is 2. The van der Waals surface area contributed by atoms with E-state index in [1.165, 1.54) is 0 Å². The first kappa shape index (κ1) is 18.2. The number of fused-ring (bicyclic) bond motifs is 1. The summed E-state index contributed by atoms with van der Waals surface area (Å²) >= 11 is 0. The summed E-state index contributed by atoms with van der Waals surface area (Å²) in [6.07, 6.45) is 1.24. The van der Waals surface area contributed by atoms with Gasteiger partial charge in [-0.3, -0.25) is 4.79 Å². The minimum atomic E-state index is -0.0622. The van der Waals surface area contributed by atoms with E-state index in [1.807, 2.05) is 19.9 Å². The van der Waals surface area contributed by atoms with E-state index in [1.54, 1.807) is 13.2 Å². The van der Waals surface area contributed by atoms with Gasteiger partial charge in [-0.2, -0.15) is 0 Å². The van der Waals surface area contributed by atoms with Crippen molar-refractivity contribution in [2.45, 2.75) is 39.7 Å². The molecule has 0 fully saturated rings. The third-order valence-electron chi connectivity index (χ3n) is 4.29. The van der Waals surface area contributed by atoms with Gasteiger partial charge in [-0.1, -0.05) is 19.9 Å². The fourth-order valence-corrected chi connectivity index (χ4v) is 3.14. The topological polar surface area (TPSA) is 73.3 Å². The van der Waals surface area contributed by atoms with Crippen LogP contribution in [-0.2, 0) is 11.2 Å². The fraction of sp³-hybridized carbons (Fsp3) is 0.450. The van der Waals surface area contributed by atoms with E-state index in [0.717, 1.165) is 34.6 Å². The second-order valence-corrected chi connectivity index (χ2v) is 7.11. The van der Waals surface area contributed by atoms with E-state index < -0.39 is 0 Å². The van der Waals surface area contributed by atoms with Crippen molar-refractivity contribution in [2.75, 3.05) is 13.7 Å². The van der Waals surface area contributed by atoms with Crippen molar-refractivity contribution in [3.05, 3.63) is 35.4 Å². The molecule has 3 rings (SSSR count). The molecule has 0 saturated heterocycles. The Labute approximate surface area is 153 Å². The van der Waals surface area contributed by atoms with Crippen LogP contribution in [0.4, 0.5) is 0 Å². The summed E-state index contributed by atoms with van der Waals surface area (Å²) in [5.41, 5.74) is 3.95. The number of carbonyl (C=O) groups is 1. The molecule has 1 aliphatic rings. The van der Waals surface area contributed by atoms with E-state index in [4.69, 9.17) is 9.47 Å². The second kappa shape index (κ2) is 7.72. The molecule has 1 amide bonds. The smallest absolute Gasteiger partial charge is 0.233 e. The third-order valence-corrected chi connectivity index (χ3v) is 4.29. The van der Waals surface area contributed by atoms with Gasteiger partial charge < -0.3 is 14.8 Å². The van der Waals surface area contributed by atoms with E-state index >= 15 is 0 Å². The Morgan fingerprint density at radius 3 is 2.81 bits per heavy atom. The minimum Gasteiger partial charge on any atom is -0.487 e. The summed E-state index contributed by atoms with van der Waals surface area (Å²) in [7, 11) is 1.56. The Kier molecular flexibility index (Phi) is 5.40. The molecule has 1 N–H and O–H groups in total. The van der Waals surface area contributed by atoms with Crippen molar-refractivity contribution in [2.24, 2.45) is 5.92 Å². The number of benzene rings is 1. The predicted octanol–water partition coefficient (Wildman–Crippen LogP) is 2.93. The standard InChI is InChI=1S/C20H25N3O3/c1-12(2)7-18(24)21-11-15-10-14-8-13(3)9-16(20(14)26-15)17-5-6-19(25-4)23-22-17/h5-6,8-9,12,15H,7,10-11H2,1-4H3,(H,21,24). The van der Waals surface area contributed by atoms with Crippen LogP contribution < -0.4 is 14.8 Å². The molecule has 1 aromatic heterocycles. The van der Waals surface area contributed by atoms with Gasteiger partial charge in [-0.15, -0.1) is 10.2 Å². The average Bonchev–Trinajstić information content (AvgIpc) is 3.01. The number of aryl methyl sites for hydroxylation is 1. The number of carbonyl (C=O) groups excluding carboxylic acids is 1. The maximum absolute atomic E-state index is 11.9. The van der Waals surface area contributed by atoms with Crippen LogP contribution in [0.5, 0.6) is 11.6 Å². The molecule has 1 atom stereocenters. The van der Waals surface area contributed by atoms with E-state index in [-0.39, 0.29) is 12.0 Å². The highest BCUT2D eigenvalue weighted by Gasteiger charge is 2.27. The van der Waals surface area contributed by atoms with Gasteiger partial charge >= 0.3 is 0 Å². The zero-order valence-corrected chi connectivity index (χ0v) is 15.7. The van der Waals surface area contributed by atoms with Crippen LogP contribution in [0.15, 0.2) is 24.3 Å². The van der Waals surface area contributed by atoms with Crippen molar-refractivity contribution < 1.29 is 14.3 Å². The first-order valence-electron chi connectivity index (χ1n) is 8.91. The zero-order chi connectivity index (χ0) is 18.7. The highest BCUT2D eigenvalue weighted by atomic mass is 16.5. The van der Waals surface area contributed by atoms with Crippen molar-refractivity contribution >= 4 is 5.91 Å². The maximum Gasteiger partial charge on any atom is 0.233 e. The average molecular weight is 355 g/mol. The van der Waals surface area contributed by atoms with Crippen LogP contribution in [0.3, 0.4) is 0 Å². The fourth-order valence-electron chi connectivity index (χ4n) is 3.14. The molecule has 2 aromatic rings. The first-order valence-corrected chi connectivity index (χ1v) is 8.91. The summed E-state index contributed by atoms with van der Waals surface area (Å²) in [5, 5.41) is 11.3. The number of nitrogens with zero attached hydrogens (tertiary/aromatic N) is 2. The summed E-state index contributed by atoms with van der Waals surface area (Å²) < 4.78 is 11.2. The summed E-state index contributed by atoms with van der Waals surface area (Å²) in [4.78, 5) is 11.9. The first-order chi connectivity index (χ1) is 12.5. The van der Waals surface area contributed by atoms with Crippen LogP contribution in [0.1, 0.15) is 31.4 Å². The molecular formula is C20H25N3O3. The predicted molar refractivity (Wildman–Crippen MR) is 99.3 cm³/mol. The molecule has 0 radical (unpaired) electrons. The Bertz CT molecular complexity index is 788. The lowest BCUT2D eigenvalue weighted by Crippen LogP contribution is -2.34. The molecule has 26 heavy (non-hydrogen) atoms. The monoisotopic (exact) mass is 355 g/mol. The van der Waals surface area contributed by atoms with Crippen molar-refractivity contribution in [1.29, 1.82) is 0 Å². The number of rotatable bonds is 6. The number of hydrogen-bond donors (Lipinski definition) is 1. The largest absolute Gasteiger partial charge is 0.487 e. The van der Waals surface area contributed by atoms with Crippen LogP contribution in [0.25, 0.3) is 11.3 Å². The maximum atomic E-state index is 11.9. The van der Waals surface area contributed by atoms with Crippen LogP contribution >= 0.6 is 0 Å². The zero-order valence-electron chi connectivity index (χ0n) is 15.7. The van der Waals surface area contributed by atoms with Crippen molar-refractivity contribution in [3.63, 3.8) is 0 Å². The normalized spacial score (nSPS) is 15.5. The highest BCUT2D eigenvalue weighted by Crippen LogP contribution is 2.39. The van der Waals surface area contributed by atoms with Crippen LogP contribution in [-0.4, -0.2) is 35.9 Å². The van der Waals surface area contributed by atoms with Gasteiger partial charge in [-0.25, -0.2) is 0 Å². The van der Waals surface area contributed by atoms with Gasteiger partial charge in [0.15, 0.2) is 0 Å². The van der Waals surface area contributed by atoms with Gasteiger partial charge in [-0.05, 0) is 36.1 Å². The summed E-state index contributed by atoms with van der Waals surface area (Å²) in [5.74, 6) is 1.72. The van der Waals surface area contributed by atoms with Crippen LogP contribution in [0.2, 0.25) is 0 Å². The molecule has 0 saturated carbocycles. The Balaban J connectivity index is 1.76. The molecule has 138 valence electrons. The summed E-state index contributed by atoms with van der Waals surface area (Å²) in [6.45, 7) is 6.63. The van der Waals surface area contributed by atoms with Crippen molar-refractivity contribution in [1.82, 2.24) is 15.5 Å². The van der Waals surface area contributed by atoms with E-state index in [9.17, 15) is 4.79 Å². The minimum absolute atomic E-state index is 0.0622. The highest BCUT2D eigenvalue weighted by molar-refractivity contribution is 5.76. The second-order valence-electron chi connectivity index (χ2n) is 7.11. The van der Waals surface area contributed by atoms with Gasteiger partial charge in [0, 0.05) is 24.5 Å². The molecule has 1 aliphatic heterocycles. The lowest BCUT2D eigenvalue weighted by atomic mass is 10.0. The third kappa shape index (κ3) is 4.12. The molecule has 1 unspecified atom stereocenters. The van der Waals surface area contributed by atoms with Gasteiger partial charge in [0.05, 0.1) is 19.3 Å². The Morgan fingerprint density at radius 2 is 2.15 bits per heavy atom. The van der Waals surface area contributed by atoms with Crippen LogP contribution in [0, 0.1) is 12.8 Å². The molecule has 0 aliphatic carbocycles. The number of aromatic nitrogens is 2. The SMILES string of the molecule is COc1ccc(-c2cc(C)cc3c2OC(CNC(=O)CC(C)C)C3)nn1. The molecule has 2 heterocycles. The van der Waals surface area contributed by atoms with Gasteiger partial charge in [0.2, 0.25) is 11.8 Å². The molecular weight excluding hydrogens is 330 g/mol. The molecule has 0 bridgehead atoms. The molecule has 6 heteroatoms. The molecule has 6 nitrogen and oxygen atoms in total. The number of methoxy groups -OCH3 is 1. The number of nitrogens with one attached hydrogen (secondary N) is 1. The van der Waals surface area contributed by atoms with E-state index in [2.05, 4.69) is 34.6 Å². The Hall–Kier alpha value is -2.63. The van der Waals surface area contributed by atoms with E-state index in [0.29, 0.717) is 24.8 Å².